The quantitative estimate of drug-likeness (QED) is 0.861. The van der Waals surface area contributed by atoms with E-state index in [1.165, 1.54) is 0 Å². The van der Waals surface area contributed by atoms with E-state index in [0.29, 0.717) is 18.2 Å². The predicted octanol–water partition coefficient (Wildman–Crippen LogP) is 2.01. The number of rotatable bonds is 2. The molecule has 0 bridgehead atoms. The third kappa shape index (κ3) is 2.13. The zero-order chi connectivity index (χ0) is 11.5. The van der Waals surface area contributed by atoms with E-state index >= 15 is 0 Å². The molecular formula is C11H13ClN2O2. The molecule has 86 valence electrons. The van der Waals surface area contributed by atoms with Crippen LogP contribution >= 0.6 is 11.6 Å². The SMILES string of the molecule is NCC1CCOC(=O)N1c1cccc(Cl)c1. The second kappa shape index (κ2) is 4.72. The number of ether oxygens (including phenoxy) is 1. The van der Waals surface area contributed by atoms with Crippen molar-refractivity contribution in [1.82, 2.24) is 0 Å². The zero-order valence-electron chi connectivity index (χ0n) is 8.73. The number of benzene rings is 1. The molecule has 1 atom stereocenters. The Labute approximate surface area is 98.9 Å². The van der Waals surface area contributed by atoms with E-state index in [2.05, 4.69) is 0 Å². The van der Waals surface area contributed by atoms with Crippen LogP contribution in [0.5, 0.6) is 0 Å². The standard InChI is InChI=1S/C11H13ClN2O2/c12-8-2-1-3-9(6-8)14-10(7-13)4-5-16-11(14)15/h1-3,6,10H,4-5,7,13H2. The van der Waals surface area contributed by atoms with Gasteiger partial charge in [0.05, 0.1) is 12.6 Å². The van der Waals surface area contributed by atoms with Gasteiger partial charge in [-0.25, -0.2) is 4.79 Å². The Hall–Kier alpha value is -1.26. The molecule has 1 aliphatic heterocycles. The van der Waals surface area contributed by atoms with E-state index in [1.54, 1.807) is 23.1 Å². The molecule has 1 aliphatic rings. The third-order valence-corrected chi connectivity index (χ3v) is 2.83. The number of carbonyl (C=O) groups excluding carboxylic acids is 1. The Morgan fingerprint density at radius 2 is 2.38 bits per heavy atom. The third-order valence-electron chi connectivity index (χ3n) is 2.60. The highest BCUT2D eigenvalue weighted by Gasteiger charge is 2.29. The fourth-order valence-electron chi connectivity index (χ4n) is 1.80. The van der Waals surface area contributed by atoms with Gasteiger partial charge in [0.25, 0.3) is 0 Å². The van der Waals surface area contributed by atoms with Crippen LogP contribution in [0.1, 0.15) is 6.42 Å². The Morgan fingerprint density at radius 3 is 3.06 bits per heavy atom. The molecule has 0 aliphatic carbocycles. The summed E-state index contributed by atoms with van der Waals surface area (Å²) in [7, 11) is 0. The van der Waals surface area contributed by atoms with Crippen LogP contribution in [0.2, 0.25) is 5.02 Å². The second-order valence-electron chi connectivity index (χ2n) is 3.64. The van der Waals surface area contributed by atoms with Crippen LogP contribution in [0.4, 0.5) is 10.5 Å². The van der Waals surface area contributed by atoms with E-state index in [0.717, 1.165) is 12.1 Å². The maximum absolute atomic E-state index is 11.7. The molecule has 1 heterocycles. The van der Waals surface area contributed by atoms with Gasteiger partial charge in [0.1, 0.15) is 0 Å². The molecule has 1 amide bonds. The summed E-state index contributed by atoms with van der Waals surface area (Å²) in [6, 6.07) is 7.10. The van der Waals surface area contributed by atoms with Crippen LogP contribution in [0.3, 0.4) is 0 Å². The first-order valence-electron chi connectivity index (χ1n) is 5.14. The number of halogens is 1. The van der Waals surface area contributed by atoms with Gasteiger partial charge in [0, 0.05) is 23.7 Å². The number of nitrogens with zero attached hydrogens (tertiary/aromatic N) is 1. The van der Waals surface area contributed by atoms with Gasteiger partial charge in [0.2, 0.25) is 0 Å². The molecule has 1 unspecified atom stereocenters. The molecule has 1 fully saturated rings. The van der Waals surface area contributed by atoms with Gasteiger partial charge < -0.3 is 10.5 Å². The normalized spacial score (nSPS) is 20.8. The Balaban J connectivity index is 2.31. The summed E-state index contributed by atoms with van der Waals surface area (Å²) in [6.45, 7) is 0.847. The van der Waals surface area contributed by atoms with E-state index in [4.69, 9.17) is 22.1 Å². The Bertz CT molecular complexity index is 397. The minimum atomic E-state index is -0.357. The van der Waals surface area contributed by atoms with Crippen molar-refractivity contribution < 1.29 is 9.53 Å². The first-order chi connectivity index (χ1) is 7.72. The zero-order valence-corrected chi connectivity index (χ0v) is 9.48. The molecule has 1 saturated heterocycles. The summed E-state index contributed by atoms with van der Waals surface area (Å²) in [4.78, 5) is 13.2. The predicted molar refractivity (Wildman–Crippen MR) is 62.7 cm³/mol. The molecule has 1 aromatic carbocycles. The topological polar surface area (TPSA) is 55.6 Å². The number of carbonyl (C=O) groups is 1. The largest absolute Gasteiger partial charge is 0.449 e. The van der Waals surface area contributed by atoms with Crippen molar-refractivity contribution in [1.29, 1.82) is 0 Å². The van der Waals surface area contributed by atoms with E-state index in [-0.39, 0.29) is 12.1 Å². The molecule has 4 nitrogen and oxygen atoms in total. The van der Waals surface area contributed by atoms with Gasteiger partial charge in [-0.2, -0.15) is 0 Å². The summed E-state index contributed by atoms with van der Waals surface area (Å²) in [5.41, 5.74) is 6.38. The molecule has 5 heteroatoms. The molecule has 0 aromatic heterocycles. The molecule has 0 saturated carbocycles. The molecule has 2 rings (SSSR count). The van der Waals surface area contributed by atoms with Gasteiger partial charge >= 0.3 is 6.09 Å². The van der Waals surface area contributed by atoms with Gasteiger partial charge in [0.15, 0.2) is 0 Å². The van der Waals surface area contributed by atoms with Crippen molar-refractivity contribution in [2.75, 3.05) is 18.1 Å². The average Bonchev–Trinajstić information content (AvgIpc) is 2.28. The highest BCUT2D eigenvalue weighted by Crippen LogP contribution is 2.25. The van der Waals surface area contributed by atoms with Crippen molar-refractivity contribution >= 4 is 23.4 Å². The Morgan fingerprint density at radius 1 is 1.56 bits per heavy atom. The fourth-order valence-corrected chi connectivity index (χ4v) is 1.98. The smallest absolute Gasteiger partial charge is 0.414 e. The minimum absolute atomic E-state index is 0.0142. The summed E-state index contributed by atoms with van der Waals surface area (Å²) >= 11 is 5.89. The average molecular weight is 241 g/mol. The minimum Gasteiger partial charge on any atom is -0.449 e. The van der Waals surface area contributed by atoms with Crippen molar-refractivity contribution in [2.45, 2.75) is 12.5 Å². The van der Waals surface area contributed by atoms with Crippen molar-refractivity contribution in [3.8, 4) is 0 Å². The van der Waals surface area contributed by atoms with E-state index < -0.39 is 0 Å². The lowest BCUT2D eigenvalue weighted by Gasteiger charge is -2.34. The molecule has 2 N–H and O–H groups in total. The van der Waals surface area contributed by atoms with Crippen LogP contribution in [-0.4, -0.2) is 25.3 Å². The molecule has 0 radical (unpaired) electrons. The summed E-state index contributed by atoms with van der Waals surface area (Å²) in [5.74, 6) is 0. The van der Waals surface area contributed by atoms with Crippen LogP contribution in [-0.2, 0) is 4.74 Å². The van der Waals surface area contributed by atoms with Crippen LogP contribution in [0.15, 0.2) is 24.3 Å². The first kappa shape index (κ1) is 11.2. The van der Waals surface area contributed by atoms with Crippen molar-refractivity contribution in [2.24, 2.45) is 5.73 Å². The van der Waals surface area contributed by atoms with E-state index in [1.807, 2.05) is 6.07 Å². The number of hydrogen-bond acceptors (Lipinski definition) is 3. The second-order valence-corrected chi connectivity index (χ2v) is 4.08. The van der Waals surface area contributed by atoms with Gasteiger partial charge in [-0.3, -0.25) is 4.90 Å². The maximum atomic E-state index is 11.7. The van der Waals surface area contributed by atoms with Crippen LogP contribution < -0.4 is 10.6 Å². The van der Waals surface area contributed by atoms with Gasteiger partial charge in [-0.1, -0.05) is 17.7 Å². The van der Waals surface area contributed by atoms with Crippen LogP contribution in [0, 0.1) is 0 Å². The molecular weight excluding hydrogens is 228 g/mol. The first-order valence-corrected chi connectivity index (χ1v) is 5.52. The summed E-state index contributed by atoms with van der Waals surface area (Å²) in [5, 5.41) is 0.589. The van der Waals surface area contributed by atoms with Crippen molar-refractivity contribution in [3.05, 3.63) is 29.3 Å². The number of anilines is 1. The molecule has 16 heavy (non-hydrogen) atoms. The highest BCUT2D eigenvalue weighted by molar-refractivity contribution is 6.30. The number of cyclic esters (lactones) is 1. The summed E-state index contributed by atoms with van der Waals surface area (Å²) in [6.07, 6.45) is 0.387. The van der Waals surface area contributed by atoms with Crippen molar-refractivity contribution in [3.63, 3.8) is 0 Å². The highest BCUT2D eigenvalue weighted by atomic mass is 35.5. The number of hydrogen-bond donors (Lipinski definition) is 1. The van der Waals surface area contributed by atoms with Crippen LogP contribution in [0.25, 0.3) is 0 Å². The molecule has 0 spiro atoms. The summed E-state index contributed by atoms with van der Waals surface area (Å²) < 4.78 is 5.01. The lowest BCUT2D eigenvalue weighted by atomic mass is 10.1. The fraction of sp³-hybridized carbons (Fsp3) is 0.364. The Kier molecular flexibility index (Phi) is 3.31. The maximum Gasteiger partial charge on any atom is 0.414 e. The van der Waals surface area contributed by atoms with Gasteiger partial charge in [-0.05, 0) is 18.2 Å². The number of amides is 1. The van der Waals surface area contributed by atoms with E-state index in [9.17, 15) is 4.79 Å². The number of nitrogens with two attached hydrogens (primary N) is 1. The monoisotopic (exact) mass is 240 g/mol. The molecule has 1 aromatic rings. The lowest BCUT2D eigenvalue weighted by molar-refractivity contribution is 0.130. The lowest BCUT2D eigenvalue weighted by Crippen LogP contribution is -2.49. The van der Waals surface area contributed by atoms with Gasteiger partial charge in [-0.15, -0.1) is 0 Å².